The first kappa shape index (κ1) is 13.6. The van der Waals surface area contributed by atoms with Gasteiger partial charge in [0.2, 0.25) is 0 Å². The highest BCUT2D eigenvalue weighted by molar-refractivity contribution is 5.96. The lowest BCUT2D eigenvalue weighted by molar-refractivity contribution is 0.0513. The average Bonchev–Trinajstić information content (AvgIpc) is 2.98. The van der Waals surface area contributed by atoms with Crippen LogP contribution in [0, 0.1) is 0 Å². The summed E-state index contributed by atoms with van der Waals surface area (Å²) in [6.07, 6.45) is 4.34. The van der Waals surface area contributed by atoms with Crippen molar-refractivity contribution in [3.05, 3.63) is 17.5 Å². The molecule has 6 heteroatoms. The zero-order valence-electron chi connectivity index (χ0n) is 11.3. The highest BCUT2D eigenvalue weighted by atomic mass is 16.5. The predicted octanol–water partition coefficient (Wildman–Crippen LogP) is 1.27. The molecular weight excluding hydrogens is 246 g/mol. The summed E-state index contributed by atoms with van der Waals surface area (Å²) in [6.45, 7) is 2.04. The maximum Gasteiger partial charge on any atom is 0.356 e. The molecule has 0 bridgehead atoms. The van der Waals surface area contributed by atoms with Gasteiger partial charge in [-0.25, -0.2) is 4.79 Å². The first-order valence-electron chi connectivity index (χ1n) is 6.64. The Morgan fingerprint density at radius 2 is 2.16 bits per heavy atom. The standard InChI is InChI=1S/C13H19N3O3/c1-3-19-13(18)11-8-10(15-16(11)2)12(17)14-9-6-4-5-7-9/h8-9H,3-7H2,1-2H3,(H,14,17). The van der Waals surface area contributed by atoms with Crippen molar-refractivity contribution in [2.45, 2.75) is 38.6 Å². The van der Waals surface area contributed by atoms with Gasteiger partial charge in [0.15, 0.2) is 5.69 Å². The fourth-order valence-corrected chi connectivity index (χ4v) is 2.30. The van der Waals surface area contributed by atoms with Crippen molar-refractivity contribution in [1.29, 1.82) is 0 Å². The number of nitrogens with one attached hydrogen (secondary N) is 1. The Bertz CT molecular complexity index is 475. The second kappa shape index (κ2) is 5.86. The third-order valence-electron chi connectivity index (χ3n) is 3.29. The van der Waals surface area contributed by atoms with E-state index < -0.39 is 5.97 Å². The van der Waals surface area contributed by atoms with E-state index in [4.69, 9.17) is 4.74 Å². The van der Waals surface area contributed by atoms with E-state index in [1.807, 2.05) is 0 Å². The number of amides is 1. The van der Waals surface area contributed by atoms with E-state index in [-0.39, 0.29) is 17.6 Å². The Hall–Kier alpha value is -1.85. The van der Waals surface area contributed by atoms with Crippen molar-refractivity contribution in [2.24, 2.45) is 7.05 Å². The lowest BCUT2D eigenvalue weighted by Gasteiger charge is -2.09. The SMILES string of the molecule is CCOC(=O)c1cc(C(=O)NC2CCCC2)nn1C. The number of hydrogen-bond acceptors (Lipinski definition) is 4. The monoisotopic (exact) mass is 265 g/mol. The molecule has 1 amide bonds. The predicted molar refractivity (Wildman–Crippen MR) is 68.9 cm³/mol. The van der Waals surface area contributed by atoms with Crippen LogP contribution in [0.15, 0.2) is 6.07 Å². The number of carbonyl (C=O) groups is 2. The normalized spacial score (nSPS) is 15.5. The van der Waals surface area contributed by atoms with Crippen molar-refractivity contribution < 1.29 is 14.3 Å². The van der Waals surface area contributed by atoms with Crippen LogP contribution in [0.25, 0.3) is 0 Å². The van der Waals surface area contributed by atoms with Gasteiger partial charge in [-0.3, -0.25) is 9.48 Å². The van der Waals surface area contributed by atoms with Crippen LogP contribution < -0.4 is 5.32 Å². The van der Waals surface area contributed by atoms with Gasteiger partial charge in [-0.05, 0) is 19.8 Å². The molecule has 0 aromatic carbocycles. The minimum absolute atomic E-state index is 0.224. The Balaban J connectivity index is 2.05. The van der Waals surface area contributed by atoms with Crippen LogP contribution in [0.2, 0.25) is 0 Å². The largest absolute Gasteiger partial charge is 0.461 e. The van der Waals surface area contributed by atoms with Gasteiger partial charge in [-0.15, -0.1) is 0 Å². The van der Waals surface area contributed by atoms with Crippen molar-refractivity contribution in [1.82, 2.24) is 15.1 Å². The second-order valence-electron chi connectivity index (χ2n) is 4.71. The van der Waals surface area contributed by atoms with Crippen LogP contribution in [0.1, 0.15) is 53.6 Å². The quantitative estimate of drug-likeness (QED) is 0.832. The molecular formula is C13H19N3O3. The number of aryl methyl sites for hydroxylation is 1. The minimum Gasteiger partial charge on any atom is -0.461 e. The van der Waals surface area contributed by atoms with Crippen molar-refractivity contribution in [3.8, 4) is 0 Å². The van der Waals surface area contributed by atoms with Gasteiger partial charge in [0, 0.05) is 19.2 Å². The van der Waals surface area contributed by atoms with Crippen LogP contribution in [-0.4, -0.2) is 34.3 Å². The van der Waals surface area contributed by atoms with Gasteiger partial charge >= 0.3 is 5.97 Å². The van der Waals surface area contributed by atoms with Crippen LogP contribution in [0.4, 0.5) is 0 Å². The van der Waals surface area contributed by atoms with E-state index in [1.165, 1.54) is 10.7 Å². The molecule has 0 aliphatic heterocycles. The first-order valence-corrected chi connectivity index (χ1v) is 6.64. The third kappa shape index (κ3) is 3.13. The minimum atomic E-state index is -0.461. The second-order valence-corrected chi connectivity index (χ2v) is 4.71. The molecule has 6 nitrogen and oxygen atoms in total. The lowest BCUT2D eigenvalue weighted by atomic mass is 10.2. The van der Waals surface area contributed by atoms with E-state index in [1.54, 1.807) is 14.0 Å². The smallest absolute Gasteiger partial charge is 0.356 e. The molecule has 1 aliphatic rings. The number of carbonyl (C=O) groups excluding carboxylic acids is 2. The fraction of sp³-hybridized carbons (Fsp3) is 0.615. The maximum atomic E-state index is 12.0. The summed E-state index contributed by atoms with van der Waals surface area (Å²) >= 11 is 0. The van der Waals surface area contributed by atoms with E-state index in [9.17, 15) is 9.59 Å². The van der Waals surface area contributed by atoms with Crippen molar-refractivity contribution in [2.75, 3.05) is 6.61 Å². The van der Waals surface area contributed by atoms with Crippen LogP contribution in [0.3, 0.4) is 0 Å². The molecule has 1 aliphatic carbocycles. The van der Waals surface area contributed by atoms with E-state index in [2.05, 4.69) is 10.4 Å². The summed E-state index contributed by atoms with van der Waals surface area (Å²) in [5, 5.41) is 7.00. The topological polar surface area (TPSA) is 73.2 Å². The Kier molecular flexibility index (Phi) is 4.19. The number of aromatic nitrogens is 2. The fourth-order valence-electron chi connectivity index (χ4n) is 2.30. The highest BCUT2D eigenvalue weighted by Gasteiger charge is 2.22. The zero-order valence-corrected chi connectivity index (χ0v) is 11.3. The lowest BCUT2D eigenvalue weighted by Crippen LogP contribution is -2.32. The number of esters is 1. The molecule has 1 N–H and O–H groups in total. The number of ether oxygens (including phenoxy) is 1. The summed E-state index contributed by atoms with van der Waals surface area (Å²) in [5.74, 6) is -0.685. The highest BCUT2D eigenvalue weighted by Crippen LogP contribution is 2.18. The van der Waals surface area contributed by atoms with Crippen LogP contribution in [0.5, 0.6) is 0 Å². The van der Waals surface area contributed by atoms with Crippen molar-refractivity contribution in [3.63, 3.8) is 0 Å². The van der Waals surface area contributed by atoms with Gasteiger partial charge in [-0.1, -0.05) is 12.8 Å². The van der Waals surface area contributed by atoms with Crippen LogP contribution >= 0.6 is 0 Å². The Morgan fingerprint density at radius 3 is 2.79 bits per heavy atom. The van der Waals surface area contributed by atoms with Gasteiger partial charge in [-0.2, -0.15) is 5.10 Å². The van der Waals surface area contributed by atoms with E-state index in [0.717, 1.165) is 25.7 Å². The van der Waals surface area contributed by atoms with Gasteiger partial charge < -0.3 is 10.1 Å². The molecule has 0 spiro atoms. The van der Waals surface area contributed by atoms with Crippen LogP contribution in [-0.2, 0) is 11.8 Å². The number of hydrogen-bond donors (Lipinski definition) is 1. The van der Waals surface area contributed by atoms with E-state index in [0.29, 0.717) is 12.3 Å². The van der Waals surface area contributed by atoms with Crippen molar-refractivity contribution >= 4 is 11.9 Å². The molecule has 0 saturated heterocycles. The van der Waals surface area contributed by atoms with Gasteiger partial charge in [0.05, 0.1) is 6.61 Å². The molecule has 1 heterocycles. The molecule has 2 rings (SSSR count). The number of nitrogens with zero attached hydrogens (tertiary/aromatic N) is 2. The third-order valence-corrected chi connectivity index (χ3v) is 3.29. The molecule has 0 atom stereocenters. The Labute approximate surface area is 112 Å². The summed E-state index contributed by atoms with van der Waals surface area (Å²) in [5.41, 5.74) is 0.552. The molecule has 0 radical (unpaired) electrons. The Morgan fingerprint density at radius 1 is 1.47 bits per heavy atom. The molecule has 1 aromatic rings. The molecule has 19 heavy (non-hydrogen) atoms. The summed E-state index contributed by atoms with van der Waals surface area (Å²) in [6, 6.07) is 1.71. The summed E-state index contributed by atoms with van der Waals surface area (Å²) in [4.78, 5) is 23.6. The first-order chi connectivity index (χ1) is 9.11. The average molecular weight is 265 g/mol. The summed E-state index contributed by atoms with van der Waals surface area (Å²) < 4.78 is 6.28. The van der Waals surface area contributed by atoms with Gasteiger partial charge in [0.1, 0.15) is 5.69 Å². The number of rotatable bonds is 4. The van der Waals surface area contributed by atoms with E-state index >= 15 is 0 Å². The molecule has 1 aromatic heterocycles. The maximum absolute atomic E-state index is 12.0. The molecule has 0 unspecified atom stereocenters. The molecule has 1 fully saturated rings. The van der Waals surface area contributed by atoms with Gasteiger partial charge in [0.25, 0.3) is 5.91 Å². The molecule has 104 valence electrons. The molecule has 1 saturated carbocycles. The summed E-state index contributed by atoms with van der Waals surface area (Å²) in [7, 11) is 1.62. The zero-order chi connectivity index (χ0) is 13.8.